The summed E-state index contributed by atoms with van der Waals surface area (Å²) in [6.07, 6.45) is 2.03. The highest BCUT2D eigenvalue weighted by Gasteiger charge is 2.48. The largest absolute Gasteiger partial charge is 0.462 e. The number of carbonyl (C=O) groups excluding carboxylic acids is 3. The van der Waals surface area contributed by atoms with Crippen molar-refractivity contribution >= 4 is 18.0 Å². The number of hydrogen-bond acceptors (Lipinski definition) is 6. The second-order valence-corrected chi connectivity index (χ2v) is 8.85. The highest BCUT2D eigenvalue weighted by atomic mass is 16.6. The van der Waals surface area contributed by atoms with Gasteiger partial charge < -0.3 is 19.5 Å². The third kappa shape index (κ3) is 8.76. The molecule has 0 aliphatic rings. The predicted molar refractivity (Wildman–Crippen MR) is 108 cm³/mol. The molecule has 1 atom stereocenters. The number of carbonyl (C=O) groups is 3. The molecule has 0 aliphatic heterocycles. The van der Waals surface area contributed by atoms with Gasteiger partial charge in [0.25, 0.3) is 0 Å². The first-order valence-electron chi connectivity index (χ1n) is 9.66. The van der Waals surface area contributed by atoms with Gasteiger partial charge in [0.15, 0.2) is 0 Å². The van der Waals surface area contributed by atoms with Crippen molar-refractivity contribution in [2.45, 2.75) is 61.3 Å². The summed E-state index contributed by atoms with van der Waals surface area (Å²) in [5, 5.41) is 2.43. The highest BCUT2D eigenvalue weighted by molar-refractivity contribution is 5.81. The number of rotatable bonds is 11. The lowest BCUT2D eigenvalue weighted by Gasteiger charge is -2.44. The van der Waals surface area contributed by atoms with Crippen molar-refractivity contribution in [3.8, 4) is 0 Å². The molecule has 1 unspecified atom stereocenters. The monoisotopic (exact) mass is 399 g/mol. The zero-order valence-electron chi connectivity index (χ0n) is 18.5. The third-order valence-electron chi connectivity index (χ3n) is 5.23. The van der Waals surface area contributed by atoms with Gasteiger partial charge >= 0.3 is 18.0 Å². The van der Waals surface area contributed by atoms with E-state index in [4.69, 9.17) is 14.2 Å². The molecule has 0 spiro atoms. The molecule has 0 aromatic carbocycles. The van der Waals surface area contributed by atoms with E-state index >= 15 is 0 Å². The van der Waals surface area contributed by atoms with Gasteiger partial charge in [0.2, 0.25) is 0 Å². The summed E-state index contributed by atoms with van der Waals surface area (Å²) >= 11 is 0. The van der Waals surface area contributed by atoms with E-state index in [2.05, 4.69) is 32.7 Å². The van der Waals surface area contributed by atoms with Crippen LogP contribution in [0.25, 0.3) is 0 Å². The van der Waals surface area contributed by atoms with E-state index < -0.39 is 17.5 Å². The van der Waals surface area contributed by atoms with Crippen LogP contribution in [0.1, 0.15) is 61.3 Å². The molecular weight excluding hydrogens is 362 g/mol. The van der Waals surface area contributed by atoms with Crippen LogP contribution in [0.4, 0.5) is 4.79 Å². The quantitative estimate of drug-likeness (QED) is 0.245. The van der Waals surface area contributed by atoms with Crippen LogP contribution in [0, 0.1) is 16.2 Å². The topological polar surface area (TPSA) is 90.9 Å². The van der Waals surface area contributed by atoms with Crippen LogP contribution in [0.2, 0.25) is 0 Å². The van der Waals surface area contributed by atoms with Crippen LogP contribution < -0.4 is 5.32 Å². The van der Waals surface area contributed by atoms with Crippen molar-refractivity contribution in [2.75, 3.05) is 26.4 Å². The molecule has 162 valence electrons. The lowest BCUT2D eigenvalue weighted by atomic mass is 9.60. The Balaban J connectivity index is 4.44. The van der Waals surface area contributed by atoms with Crippen molar-refractivity contribution in [1.29, 1.82) is 0 Å². The first kappa shape index (κ1) is 26.0. The number of amides is 1. The molecule has 0 fully saturated rings. The van der Waals surface area contributed by atoms with Gasteiger partial charge in [-0.05, 0) is 24.2 Å². The van der Waals surface area contributed by atoms with Crippen molar-refractivity contribution in [1.82, 2.24) is 5.32 Å². The summed E-state index contributed by atoms with van der Waals surface area (Å²) in [6.45, 7) is 17.8. The van der Waals surface area contributed by atoms with Crippen LogP contribution in [-0.2, 0) is 23.8 Å². The highest BCUT2D eigenvalue weighted by Crippen LogP contribution is 2.48. The smallest absolute Gasteiger partial charge is 0.407 e. The van der Waals surface area contributed by atoms with Gasteiger partial charge in [0.05, 0.1) is 12.0 Å². The van der Waals surface area contributed by atoms with E-state index in [1.807, 2.05) is 27.7 Å². The van der Waals surface area contributed by atoms with Crippen LogP contribution in [-0.4, -0.2) is 44.4 Å². The molecule has 0 heterocycles. The van der Waals surface area contributed by atoms with Gasteiger partial charge in [-0.2, -0.15) is 0 Å². The van der Waals surface area contributed by atoms with Crippen molar-refractivity contribution < 1.29 is 28.6 Å². The fourth-order valence-electron chi connectivity index (χ4n) is 2.57. The SMILES string of the molecule is C=CC(=O)OCCNC(=O)OCCOC(=O)C(C)(CC(C)(C)CC)C(C)(C)C. The molecule has 0 radical (unpaired) electrons. The van der Waals surface area contributed by atoms with Crippen LogP contribution in [0.15, 0.2) is 12.7 Å². The van der Waals surface area contributed by atoms with Crippen molar-refractivity contribution in [3.05, 3.63) is 12.7 Å². The Morgan fingerprint density at radius 2 is 1.50 bits per heavy atom. The molecule has 7 nitrogen and oxygen atoms in total. The zero-order chi connectivity index (χ0) is 22.0. The van der Waals surface area contributed by atoms with Crippen LogP contribution >= 0.6 is 0 Å². The molecule has 0 rings (SSSR count). The lowest BCUT2D eigenvalue weighted by molar-refractivity contribution is -0.166. The Labute approximate surface area is 169 Å². The number of alkyl carbamates (subject to hydrolysis) is 1. The maximum atomic E-state index is 12.8. The van der Waals surface area contributed by atoms with E-state index in [1.54, 1.807) is 0 Å². The minimum atomic E-state index is -0.670. The maximum absolute atomic E-state index is 12.8. The molecule has 0 aromatic heterocycles. The second-order valence-electron chi connectivity index (χ2n) is 8.85. The number of ether oxygens (including phenoxy) is 3. The van der Waals surface area contributed by atoms with Gasteiger partial charge in [-0.1, -0.05) is 54.5 Å². The van der Waals surface area contributed by atoms with E-state index in [-0.39, 0.29) is 43.2 Å². The summed E-state index contributed by atoms with van der Waals surface area (Å²) in [7, 11) is 0. The molecule has 0 saturated carbocycles. The first-order valence-corrected chi connectivity index (χ1v) is 9.66. The molecule has 0 aromatic rings. The summed E-state index contributed by atoms with van der Waals surface area (Å²) in [6, 6.07) is 0. The second kappa shape index (κ2) is 11.1. The average molecular weight is 400 g/mol. The summed E-state index contributed by atoms with van der Waals surface area (Å²) in [4.78, 5) is 35.2. The molecule has 0 aliphatic carbocycles. The minimum absolute atomic E-state index is 0.00644. The van der Waals surface area contributed by atoms with E-state index in [0.29, 0.717) is 6.42 Å². The summed E-state index contributed by atoms with van der Waals surface area (Å²) in [5.74, 6) is -0.850. The Morgan fingerprint density at radius 3 is 2.00 bits per heavy atom. The summed E-state index contributed by atoms with van der Waals surface area (Å²) < 4.78 is 15.1. The molecule has 1 N–H and O–H groups in total. The Hall–Kier alpha value is -2.05. The first-order chi connectivity index (χ1) is 12.8. The van der Waals surface area contributed by atoms with Crippen molar-refractivity contribution in [3.63, 3.8) is 0 Å². The minimum Gasteiger partial charge on any atom is -0.462 e. The van der Waals surface area contributed by atoms with E-state index in [1.165, 1.54) is 0 Å². The van der Waals surface area contributed by atoms with E-state index in [9.17, 15) is 14.4 Å². The molecule has 1 amide bonds. The fraction of sp³-hybridized carbons (Fsp3) is 0.762. The van der Waals surface area contributed by atoms with Gasteiger partial charge in [-0.25, -0.2) is 9.59 Å². The lowest BCUT2D eigenvalue weighted by Crippen LogP contribution is -2.45. The normalized spacial score (nSPS) is 13.8. The van der Waals surface area contributed by atoms with Gasteiger partial charge in [-0.15, -0.1) is 0 Å². The van der Waals surface area contributed by atoms with Gasteiger partial charge in [0.1, 0.15) is 19.8 Å². The van der Waals surface area contributed by atoms with Crippen LogP contribution in [0.3, 0.4) is 0 Å². The zero-order valence-corrected chi connectivity index (χ0v) is 18.5. The Morgan fingerprint density at radius 1 is 0.929 bits per heavy atom. The molecular formula is C21H37NO6. The number of nitrogens with one attached hydrogen (secondary N) is 1. The summed E-state index contributed by atoms with van der Waals surface area (Å²) in [5.41, 5.74) is -0.937. The number of hydrogen-bond donors (Lipinski definition) is 1. The molecule has 0 bridgehead atoms. The van der Waals surface area contributed by atoms with Gasteiger partial charge in [0, 0.05) is 6.08 Å². The average Bonchev–Trinajstić information content (AvgIpc) is 2.60. The van der Waals surface area contributed by atoms with Crippen molar-refractivity contribution in [2.24, 2.45) is 16.2 Å². The maximum Gasteiger partial charge on any atom is 0.407 e. The molecule has 7 heteroatoms. The Kier molecular flexibility index (Phi) is 10.3. The Bertz CT molecular complexity index is 550. The molecule has 0 saturated heterocycles. The van der Waals surface area contributed by atoms with E-state index in [0.717, 1.165) is 12.5 Å². The number of esters is 2. The standard InChI is InChI=1S/C21H37NO6/c1-9-16(23)26-12-11-22-18(25)28-14-13-27-17(24)21(8,19(3,4)5)15-20(6,7)10-2/h9H,1,10-15H2,2-8H3,(H,22,25). The fourth-order valence-corrected chi connectivity index (χ4v) is 2.57. The third-order valence-corrected chi connectivity index (χ3v) is 5.23. The predicted octanol–water partition coefficient (Wildman–Crippen LogP) is 3.86. The molecule has 28 heavy (non-hydrogen) atoms. The van der Waals surface area contributed by atoms with Crippen LogP contribution in [0.5, 0.6) is 0 Å². The van der Waals surface area contributed by atoms with Gasteiger partial charge in [-0.3, -0.25) is 4.79 Å².